The Morgan fingerprint density at radius 2 is 2.12 bits per heavy atom. The Kier molecular flexibility index (Phi) is 5.20. The van der Waals surface area contributed by atoms with Gasteiger partial charge >= 0.3 is 5.97 Å². The third-order valence-corrected chi connectivity index (χ3v) is 2.53. The topological polar surface area (TPSA) is 63.4 Å². The van der Waals surface area contributed by atoms with Gasteiger partial charge < -0.3 is 10.3 Å². The quantitative estimate of drug-likeness (QED) is 0.355. The number of carboxylic acid groups (broad SMARTS) is 1. The van der Waals surface area contributed by atoms with E-state index in [1.165, 1.54) is 6.21 Å². The van der Waals surface area contributed by atoms with Crippen LogP contribution in [-0.2, 0) is 4.79 Å². The second kappa shape index (κ2) is 6.68. The van der Waals surface area contributed by atoms with E-state index in [0.29, 0.717) is 19.4 Å². The largest absolute Gasteiger partial charge is 0.624 e. The number of hydrogen-bond donors (Lipinski definition) is 1. The third kappa shape index (κ3) is 5.15. The second-order valence-corrected chi connectivity index (χ2v) is 4.06. The first-order chi connectivity index (χ1) is 8.09. The number of hydroxylamine groups is 1. The molecule has 0 aliphatic rings. The summed E-state index contributed by atoms with van der Waals surface area (Å²) >= 11 is 0. The smallest absolute Gasteiger partial charge is 0.306 e. The van der Waals surface area contributed by atoms with Crippen molar-refractivity contribution in [2.75, 3.05) is 6.54 Å². The van der Waals surface area contributed by atoms with Crippen LogP contribution in [0.15, 0.2) is 30.3 Å². The molecular formula is C13H17NO3. The van der Waals surface area contributed by atoms with Gasteiger partial charge in [0, 0.05) is 12.0 Å². The molecule has 0 bridgehead atoms. The van der Waals surface area contributed by atoms with Gasteiger partial charge in [0.15, 0.2) is 12.8 Å². The van der Waals surface area contributed by atoms with Gasteiger partial charge in [-0.05, 0) is 18.6 Å². The predicted molar refractivity (Wildman–Crippen MR) is 66.1 cm³/mol. The van der Waals surface area contributed by atoms with Crippen molar-refractivity contribution < 1.29 is 14.6 Å². The van der Waals surface area contributed by atoms with Crippen LogP contribution in [0, 0.1) is 11.1 Å². The van der Waals surface area contributed by atoms with Crippen molar-refractivity contribution in [3.05, 3.63) is 41.1 Å². The molecule has 0 amide bonds. The fourth-order valence-corrected chi connectivity index (χ4v) is 1.45. The lowest BCUT2D eigenvalue weighted by molar-refractivity contribution is -0.453. The van der Waals surface area contributed by atoms with E-state index in [-0.39, 0.29) is 5.92 Å². The van der Waals surface area contributed by atoms with Crippen LogP contribution in [0.2, 0.25) is 0 Å². The molecule has 17 heavy (non-hydrogen) atoms. The number of benzene rings is 1. The number of aliphatic carboxylic acids is 1. The average Bonchev–Trinajstić information content (AvgIpc) is 2.30. The summed E-state index contributed by atoms with van der Waals surface area (Å²) in [5, 5.41) is 20.2. The molecule has 0 saturated heterocycles. The van der Waals surface area contributed by atoms with Crippen molar-refractivity contribution in [3.8, 4) is 0 Å². The molecule has 1 rings (SSSR count). The van der Waals surface area contributed by atoms with E-state index in [1.807, 2.05) is 30.3 Å². The lowest BCUT2D eigenvalue weighted by atomic mass is 10.1. The van der Waals surface area contributed by atoms with E-state index in [2.05, 4.69) is 0 Å². The zero-order valence-electron chi connectivity index (χ0n) is 9.87. The van der Waals surface area contributed by atoms with Crippen molar-refractivity contribution in [1.29, 1.82) is 0 Å². The Morgan fingerprint density at radius 3 is 2.71 bits per heavy atom. The van der Waals surface area contributed by atoms with Crippen LogP contribution >= 0.6 is 0 Å². The Morgan fingerprint density at radius 1 is 1.47 bits per heavy atom. The summed E-state index contributed by atoms with van der Waals surface area (Å²) in [6.45, 7) is 1.98. The van der Waals surface area contributed by atoms with E-state index in [9.17, 15) is 10.0 Å². The van der Waals surface area contributed by atoms with Gasteiger partial charge in [0.1, 0.15) is 0 Å². The van der Waals surface area contributed by atoms with E-state index in [1.54, 1.807) is 6.92 Å². The lowest BCUT2D eigenvalue weighted by Gasteiger charge is -2.06. The van der Waals surface area contributed by atoms with Crippen molar-refractivity contribution in [3.63, 3.8) is 0 Å². The summed E-state index contributed by atoms with van der Waals surface area (Å²) in [4.78, 5) is 10.6. The molecule has 0 unspecified atom stereocenters. The van der Waals surface area contributed by atoms with Crippen LogP contribution in [0.25, 0.3) is 0 Å². The number of carbonyl (C=O) groups is 1. The molecule has 4 nitrogen and oxygen atoms in total. The molecule has 0 spiro atoms. The number of hydrogen-bond acceptors (Lipinski definition) is 2. The first-order valence-corrected chi connectivity index (χ1v) is 5.66. The zero-order chi connectivity index (χ0) is 12.7. The minimum Gasteiger partial charge on any atom is -0.624 e. The molecule has 0 aromatic heterocycles. The monoisotopic (exact) mass is 235 g/mol. The lowest BCUT2D eigenvalue weighted by Crippen LogP contribution is -2.13. The Balaban J connectivity index is 2.37. The van der Waals surface area contributed by atoms with Gasteiger partial charge in [-0.3, -0.25) is 4.79 Å². The van der Waals surface area contributed by atoms with E-state index >= 15 is 0 Å². The number of rotatable bonds is 6. The van der Waals surface area contributed by atoms with Crippen molar-refractivity contribution in [2.24, 2.45) is 5.92 Å². The van der Waals surface area contributed by atoms with Gasteiger partial charge in [0.2, 0.25) is 0 Å². The standard InChI is InChI=1S/C13H17NO3/c1-11(13(15)16)6-5-9-14(17)10-12-7-3-2-4-8-12/h2-4,7-8,10-11H,5-6,9H2,1H3,(H,15,16)/t11-/m0/s1. The Bertz CT molecular complexity index is 387. The van der Waals surface area contributed by atoms with Crippen molar-refractivity contribution >= 4 is 12.2 Å². The summed E-state index contributed by atoms with van der Waals surface area (Å²) in [5.41, 5.74) is 0.855. The summed E-state index contributed by atoms with van der Waals surface area (Å²) < 4.78 is 0.851. The summed E-state index contributed by atoms with van der Waals surface area (Å²) in [6, 6.07) is 9.33. The summed E-state index contributed by atoms with van der Waals surface area (Å²) in [7, 11) is 0. The van der Waals surface area contributed by atoms with Crippen LogP contribution in [-0.4, -0.2) is 28.6 Å². The summed E-state index contributed by atoms with van der Waals surface area (Å²) in [6.07, 6.45) is 2.63. The first kappa shape index (κ1) is 13.2. The van der Waals surface area contributed by atoms with Gasteiger partial charge in [-0.15, -0.1) is 0 Å². The maximum atomic E-state index is 11.5. The van der Waals surface area contributed by atoms with Crippen LogP contribution < -0.4 is 0 Å². The predicted octanol–water partition coefficient (Wildman–Crippen LogP) is 2.12. The highest BCUT2D eigenvalue weighted by Gasteiger charge is 2.10. The number of carboxylic acids is 1. The molecule has 1 atom stereocenters. The molecule has 1 aromatic rings. The van der Waals surface area contributed by atoms with Gasteiger partial charge in [0.05, 0.1) is 5.92 Å². The highest BCUT2D eigenvalue weighted by atomic mass is 16.5. The normalized spacial score (nSPS) is 13.4. The molecule has 92 valence electrons. The van der Waals surface area contributed by atoms with Gasteiger partial charge in [0.25, 0.3) is 0 Å². The van der Waals surface area contributed by atoms with Crippen molar-refractivity contribution in [1.82, 2.24) is 0 Å². The molecule has 0 saturated carbocycles. The molecule has 0 aliphatic carbocycles. The number of nitrogens with zero attached hydrogens (tertiary/aromatic N) is 1. The van der Waals surface area contributed by atoms with E-state index in [0.717, 1.165) is 10.3 Å². The maximum Gasteiger partial charge on any atom is 0.306 e. The molecular weight excluding hydrogens is 218 g/mol. The average molecular weight is 235 g/mol. The third-order valence-electron chi connectivity index (χ3n) is 2.53. The highest BCUT2D eigenvalue weighted by Crippen LogP contribution is 2.05. The SMILES string of the molecule is C[C@@H](CCC[N+]([O-])=Cc1ccccc1)C(=O)O. The summed E-state index contributed by atoms with van der Waals surface area (Å²) in [5.74, 6) is -1.20. The van der Waals surface area contributed by atoms with Crippen molar-refractivity contribution in [2.45, 2.75) is 19.8 Å². The van der Waals surface area contributed by atoms with Gasteiger partial charge in [-0.1, -0.05) is 25.1 Å². The van der Waals surface area contributed by atoms with Crippen LogP contribution in [0.3, 0.4) is 0 Å². The molecule has 1 aromatic carbocycles. The van der Waals surface area contributed by atoms with E-state index in [4.69, 9.17) is 5.11 Å². The first-order valence-electron chi connectivity index (χ1n) is 5.66. The second-order valence-electron chi connectivity index (χ2n) is 4.06. The van der Waals surface area contributed by atoms with Gasteiger partial charge in [-0.25, -0.2) is 4.74 Å². The fraction of sp³-hybridized carbons (Fsp3) is 0.385. The molecule has 4 heteroatoms. The Labute approximate surface area is 101 Å². The zero-order valence-corrected chi connectivity index (χ0v) is 9.87. The van der Waals surface area contributed by atoms with Crippen LogP contribution in [0.4, 0.5) is 0 Å². The molecule has 0 heterocycles. The molecule has 0 aliphatic heterocycles. The van der Waals surface area contributed by atoms with Crippen LogP contribution in [0.1, 0.15) is 25.3 Å². The fourth-order valence-electron chi connectivity index (χ4n) is 1.45. The van der Waals surface area contributed by atoms with E-state index < -0.39 is 5.97 Å². The van der Waals surface area contributed by atoms with Gasteiger partial charge in [-0.2, -0.15) is 0 Å². The minimum absolute atomic E-state index is 0.326. The Hall–Kier alpha value is -1.84. The maximum absolute atomic E-state index is 11.5. The minimum atomic E-state index is -0.811. The van der Waals surface area contributed by atoms with Crippen LogP contribution in [0.5, 0.6) is 0 Å². The molecule has 1 N–H and O–H groups in total. The molecule has 0 fully saturated rings. The molecule has 0 radical (unpaired) electrons. The highest BCUT2D eigenvalue weighted by molar-refractivity contribution is 5.75.